The second-order valence-electron chi connectivity index (χ2n) is 5.78. The van der Waals surface area contributed by atoms with Crippen LogP contribution in [0.3, 0.4) is 0 Å². The fourth-order valence-corrected chi connectivity index (χ4v) is 3.68. The Morgan fingerprint density at radius 2 is 2.04 bits per heavy atom. The molecule has 142 valence electrons. The highest BCUT2D eigenvalue weighted by molar-refractivity contribution is 7.89. The zero-order chi connectivity index (χ0) is 17.4. The van der Waals surface area contributed by atoms with Gasteiger partial charge in [-0.3, -0.25) is 4.79 Å². The maximum atomic E-state index is 12.2. The SMILES string of the molecule is COCCNS(=O)(=O)c1cccc(CNC(=O)C2CCNCC2)c1.Cl. The molecule has 0 aliphatic carbocycles. The van der Waals surface area contributed by atoms with Crippen LogP contribution in [0.2, 0.25) is 0 Å². The summed E-state index contributed by atoms with van der Waals surface area (Å²) in [6.45, 7) is 2.57. The van der Waals surface area contributed by atoms with E-state index in [4.69, 9.17) is 4.74 Å². The van der Waals surface area contributed by atoms with E-state index in [0.717, 1.165) is 31.5 Å². The minimum absolute atomic E-state index is 0. The molecule has 1 aromatic carbocycles. The number of hydrogen-bond acceptors (Lipinski definition) is 5. The van der Waals surface area contributed by atoms with Crippen LogP contribution in [0.1, 0.15) is 18.4 Å². The first-order valence-electron chi connectivity index (χ1n) is 8.09. The molecular weight excluding hydrogens is 366 g/mol. The highest BCUT2D eigenvalue weighted by Crippen LogP contribution is 2.14. The summed E-state index contributed by atoms with van der Waals surface area (Å²) in [7, 11) is -2.05. The molecule has 1 fully saturated rings. The van der Waals surface area contributed by atoms with Gasteiger partial charge in [0.1, 0.15) is 0 Å². The van der Waals surface area contributed by atoms with Crippen LogP contribution in [0.4, 0.5) is 0 Å². The lowest BCUT2D eigenvalue weighted by atomic mass is 9.97. The lowest BCUT2D eigenvalue weighted by molar-refractivity contribution is -0.125. The van der Waals surface area contributed by atoms with Gasteiger partial charge in [-0.25, -0.2) is 13.1 Å². The summed E-state index contributed by atoms with van der Waals surface area (Å²) in [6, 6.07) is 6.60. The lowest BCUT2D eigenvalue weighted by Gasteiger charge is -2.21. The third-order valence-electron chi connectivity index (χ3n) is 3.98. The zero-order valence-electron chi connectivity index (χ0n) is 14.3. The lowest BCUT2D eigenvalue weighted by Crippen LogP contribution is -2.37. The predicted molar refractivity (Wildman–Crippen MR) is 98.2 cm³/mol. The van der Waals surface area contributed by atoms with Crippen molar-refractivity contribution in [3.05, 3.63) is 29.8 Å². The van der Waals surface area contributed by atoms with E-state index in [1.54, 1.807) is 18.2 Å². The van der Waals surface area contributed by atoms with Gasteiger partial charge < -0.3 is 15.4 Å². The Morgan fingerprint density at radius 3 is 2.72 bits per heavy atom. The molecule has 2 rings (SSSR count). The normalized spacial score (nSPS) is 15.4. The maximum absolute atomic E-state index is 12.2. The van der Waals surface area contributed by atoms with Gasteiger partial charge >= 0.3 is 0 Å². The standard InChI is InChI=1S/C16H25N3O4S.ClH/c1-23-10-9-19-24(21,22)15-4-2-3-13(11-15)12-18-16(20)14-5-7-17-8-6-14;/h2-4,11,14,17,19H,5-10,12H2,1H3,(H,18,20);1H. The van der Waals surface area contributed by atoms with E-state index in [1.165, 1.54) is 13.2 Å². The van der Waals surface area contributed by atoms with Gasteiger partial charge in [0.15, 0.2) is 0 Å². The highest BCUT2D eigenvalue weighted by Gasteiger charge is 2.20. The van der Waals surface area contributed by atoms with Crippen molar-refractivity contribution in [2.45, 2.75) is 24.3 Å². The van der Waals surface area contributed by atoms with Gasteiger partial charge in [0.2, 0.25) is 15.9 Å². The van der Waals surface area contributed by atoms with Crippen LogP contribution in [-0.2, 0) is 26.1 Å². The minimum atomic E-state index is -3.57. The number of nitrogens with one attached hydrogen (secondary N) is 3. The molecule has 0 aromatic heterocycles. The van der Waals surface area contributed by atoms with E-state index in [9.17, 15) is 13.2 Å². The van der Waals surface area contributed by atoms with Crippen molar-refractivity contribution in [1.82, 2.24) is 15.4 Å². The predicted octanol–water partition coefficient (Wildman–Crippen LogP) is 0.649. The summed E-state index contributed by atoms with van der Waals surface area (Å²) >= 11 is 0. The molecule has 1 saturated heterocycles. The fraction of sp³-hybridized carbons (Fsp3) is 0.562. The summed E-state index contributed by atoms with van der Waals surface area (Å²) in [5.74, 6) is 0.0665. The molecule has 0 spiro atoms. The Labute approximate surface area is 155 Å². The smallest absolute Gasteiger partial charge is 0.240 e. The first-order valence-corrected chi connectivity index (χ1v) is 9.57. The third-order valence-corrected chi connectivity index (χ3v) is 5.44. The van der Waals surface area contributed by atoms with Gasteiger partial charge in [-0.2, -0.15) is 0 Å². The molecule has 1 aliphatic rings. The van der Waals surface area contributed by atoms with Crippen molar-refractivity contribution in [3.63, 3.8) is 0 Å². The number of carbonyl (C=O) groups is 1. The Hall–Kier alpha value is -1.19. The molecule has 0 radical (unpaired) electrons. The number of rotatable bonds is 8. The van der Waals surface area contributed by atoms with E-state index >= 15 is 0 Å². The van der Waals surface area contributed by atoms with Crippen LogP contribution < -0.4 is 15.4 Å². The number of sulfonamides is 1. The molecule has 3 N–H and O–H groups in total. The minimum Gasteiger partial charge on any atom is -0.383 e. The average molecular weight is 392 g/mol. The third kappa shape index (κ3) is 6.91. The highest BCUT2D eigenvalue weighted by atomic mass is 35.5. The summed E-state index contributed by atoms with van der Waals surface area (Å²) < 4.78 is 31.7. The number of methoxy groups -OCH3 is 1. The summed E-state index contributed by atoms with van der Waals surface area (Å²) in [5.41, 5.74) is 0.756. The van der Waals surface area contributed by atoms with Gasteiger partial charge in [-0.05, 0) is 43.6 Å². The molecule has 9 heteroatoms. The van der Waals surface area contributed by atoms with E-state index in [0.29, 0.717) is 13.2 Å². The fourth-order valence-electron chi connectivity index (χ4n) is 2.60. The van der Waals surface area contributed by atoms with E-state index in [-0.39, 0.29) is 35.7 Å². The Kier molecular flexibility index (Phi) is 9.37. The van der Waals surface area contributed by atoms with Gasteiger partial charge in [0.05, 0.1) is 11.5 Å². The second-order valence-corrected chi connectivity index (χ2v) is 7.55. The summed E-state index contributed by atoms with van der Waals surface area (Å²) in [5, 5.41) is 6.12. The van der Waals surface area contributed by atoms with Crippen molar-refractivity contribution in [3.8, 4) is 0 Å². The summed E-state index contributed by atoms with van der Waals surface area (Å²) in [4.78, 5) is 12.3. The molecule has 1 amide bonds. The topological polar surface area (TPSA) is 96.5 Å². The first-order chi connectivity index (χ1) is 11.5. The number of carbonyl (C=O) groups excluding carboxylic acids is 1. The Balaban J connectivity index is 0.00000312. The number of ether oxygens (including phenoxy) is 1. The molecule has 1 heterocycles. The van der Waals surface area contributed by atoms with Crippen molar-refractivity contribution in [1.29, 1.82) is 0 Å². The summed E-state index contributed by atoms with van der Waals surface area (Å²) in [6.07, 6.45) is 1.67. The van der Waals surface area contributed by atoms with Crippen molar-refractivity contribution in [2.75, 3.05) is 33.4 Å². The van der Waals surface area contributed by atoms with Gasteiger partial charge in [-0.1, -0.05) is 12.1 Å². The largest absolute Gasteiger partial charge is 0.383 e. The number of halogens is 1. The van der Waals surface area contributed by atoms with Crippen molar-refractivity contribution < 1.29 is 17.9 Å². The molecule has 0 unspecified atom stereocenters. The first kappa shape index (κ1) is 21.9. The number of benzene rings is 1. The molecule has 0 atom stereocenters. The molecule has 0 bridgehead atoms. The molecule has 25 heavy (non-hydrogen) atoms. The van der Waals surface area contributed by atoms with Gasteiger partial charge in [0.25, 0.3) is 0 Å². The molecule has 1 aromatic rings. The number of amides is 1. The van der Waals surface area contributed by atoms with Crippen LogP contribution in [0.15, 0.2) is 29.2 Å². The number of piperidine rings is 1. The molecule has 7 nitrogen and oxygen atoms in total. The van der Waals surface area contributed by atoms with E-state index < -0.39 is 10.0 Å². The quantitative estimate of drug-likeness (QED) is 0.565. The molecule has 1 aliphatic heterocycles. The van der Waals surface area contributed by atoms with Crippen molar-refractivity contribution in [2.24, 2.45) is 5.92 Å². The van der Waals surface area contributed by atoms with Crippen LogP contribution in [0.5, 0.6) is 0 Å². The Morgan fingerprint density at radius 1 is 1.32 bits per heavy atom. The number of hydrogen-bond donors (Lipinski definition) is 3. The maximum Gasteiger partial charge on any atom is 0.240 e. The Bertz CT molecular complexity index is 649. The van der Waals surface area contributed by atoms with Crippen LogP contribution in [-0.4, -0.2) is 47.7 Å². The van der Waals surface area contributed by atoms with Crippen LogP contribution in [0.25, 0.3) is 0 Å². The molecular formula is C16H26ClN3O4S. The van der Waals surface area contributed by atoms with Crippen LogP contribution in [0, 0.1) is 5.92 Å². The monoisotopic (exact) mass is 391 g/mol. The van der Waals surface area contributed by atoms with E-state index in [2.05, 4.69) is 15.4 Å². The van der Waals surface area contributed by atoms with E-state index in [1.807, 2.05) is 0 Å². The zero-order valence-corrected chi connectivity index (χ0v) is 15.9. The van der Waals surface area contributed by atoms with Crippen LogP contribution >= 0.6 is 12.4 Å². The second kappa shape index (κ2) is 10.7. The van der Waals surface area contributed by atoms with Crippen molar-refractivity contribution >= 4 is 28.3 Å². The van der Waals surface area contributed by atoms with Gasteiger partial charge in [-0.15, -0.1) is 12.4 Å². The van der Waals surface area contributed by atoms with Gasteiger partial charge in [0, 0.05) is 26.1 Å². The average Bonchev–Trinajstić information content (AvgIpc) is 2.61. The molecule has 0 saturated carbocycles.